The molecule has 22 heavy (non-hydrogen) atoms. The van der Waals surface area contributed by atoms with E-state index in [0.717, 1.165) is 0 Å². The Morgan fingerprint density at radius 1 is 1.41 bits per heavy atom. The molecule has 0 saturated heterocycles. The topological polar surface area (TPSA) is 102 Å². The molecule has 8 heteroatoms. The fourth-order valence-electron chi connectivity index (χ4n) is 2.13. The van der Waals surface area contributed by atoms with Gasteiger partial charge in [0.25, 0.3) is 0 Å². The Balaban J connectivity index is 2.05. The minimum Gasteiger partial charge on any atom is -0.481 e. The SMILES string of the molecule is COc1ccc(-n2nc(C(=O)O)cc2C2CN=CC=N2)cn1. The zero-order valence-electron chi connectivity index (χ0n) is 11.7. The van der Waals surface area contributed by atoms with Crippen LogP contribution in [0.5, 0.6) is 5.88 Å². The Bertz CT molecular complexity index is 748. The van der Waals surface area contributed by atoms with Gasteiger partial charge >= 0.3 is 5.97 Å². The van der Waals surface area contributed by atoms with Crippen molar-refractivity contribution in [2.75, 3.05) is 13.7 Å². The normalized spacial score (nSPS) is 16.7. The maximum absolute atomic E-state index is 11.2. The second-order valence-corrected chi connectivity index (χ2v) is 4.56. The van der Waals surface area contributed by atoms with Gasteiger partial charge in [-0.25, -0.2) is 14.5 Å². The first kappa shape index (κ1) is 13.9. The van der Waals surface area contributed by atoms with Crippen LogP contribution in [-0.4, -0.2) is 51.9 Å². The van der Waals surface area contributed by atoms with E-state index in [1.54, 1.807) is 30.8 Å². The molecule has 2 aromatic rings. The Morgan fingerprint density at radius 2 is 2.27 bits per heavy atom. The van der Waals surface area contributed by atoms with Gasteiger partial charge in [0.1, 0.15) is 6.04 Å². The fourth-order valence-corrected chi connectivity index (χ4v) is 2.13. The van der Waals surface area contributed by atoms with Crippen LogP contribution in [-0.2, 0) is 0 Å². The summed E-state index contributed by atoms with van der Waals surface area (Å²) in [6, 6.07) is 4.68. The highest BCUT2D eigenvalue weighted by molar-refractivity contribution is 6.16. The van der Waals surface area contributed by atoms with Crippen molar-refractivity contribution in [3.05, 3.63) is 35.8 Å². The summed E-state index contributed by atoms with van der Waals surface area (Å²) >= 11 is 0. The maximum atomic E-state index is 11.2. The first-order valence-corrected chi connectivity index (χ1v) is 6.54. The molecule has 112 valence electrons. The summed E-state index contributed by atoms with van der Waals surface area (Å²) in [5.74, 6) is -0.624. The van der Waals surface area contributed by atoms with Crippen molar-refractivity contribution >= 4 is 18.4 Å². The zero-order chi connectivity index (χ0) is 15.5. The summed E-state index contributed by atoms with van der Waals surface area (Å²) in [4.78, 5) is 23.8. The van der Waals surface area contributed by atoms with Gasteiger partial charge < -0.3 is 9.84 Å². The maximum Gasteiger partial charge on any atom is 0.356 e. The summed E-state index contributed by atoms with van der Waals surface area (Å²) in [7, 11) is 1.53. The second-order valence-electron chi connectivity index (χ2n) is 4.56. The van der Waals surface area contributed by atoms with E-state index in [4.69, 9.17) is 4.74 Å². The quantitative estimate of drug-likeness (QED) is 0.913. The van der Waals surface area contributed by atoms with Crippen molar-refractivity contribution in [1.82, 2.24) is 14.8 Å². The third-order valence-electron chi connectivity index (χ3n) is 3.19. The highest BCUT2D eigenvalue weighted by Crippen LogP contribution is 2.24. The van der Waals surface area contributed by atoms with Crippen LogP contribution in [0.15, 0.2) is 34.4 Å². The lowest BCUT2D eigenvalue weighted by atomic mass is 10.2. The molecule has 1 aliphatic heterocycles. The minimum atomic E-state index is -1.09. The van der Waals surface area contributed by atoms with Crippen LogP contribution in [0, 0.1) is 0 Å². The number of aromatic carboxylic acids is 1. The number of hydrogen-bond donors (Lipinski definition) is 1. The van der Waals surface area contributed by atoms with Crippen molar-refractivity contribution in [3.8, 4) is 11.6 Å². The van der Waals surface area contributed by atoms with Gasteiger partial charge in [-0.05, 0) is 12.1 Å². The number of nitrogens with zero attached hydrogens (tertiary/aromatic N) is 5. The molecule has 0 saturated carbocycles. The molecule has 1 unspecified atom stereocenters. The number of aromatic nitrogens is 3. The number of rotatable bonds is 4. The lowest BCUT2D eigenvalue weighted by Gasteiger charge is -2.14. The Kier molecular flexibility index (Phi) is 3.65. The minimum absolute atomic E-state index is 0.0458. The first-order chi connectivity index (χ1) is 10.7. The molecular formula is C14H13N5O3. The smallest absolute Gasteiger partial charge is 0.356 e. The molecule has 0 aromatic carbocycles. The molecule has 0 amide bonds. The number of carbonyl (C=O) groups is 1. The number of aliphatic imine (C=N–C) groups is 2. The van der Waals surface area contributed by atoms with Gasteiger partial charge in [0.2, 0.25) is 5.88 Å². The van der Waals surface area contributed by atoms with Gasteiger partial charge in [0.05, 0.1) is 31.2 Å². The molecule has 0 radical (unpaired) electrons. The largest absolute Gasteiger partial charge is 0.481 e. The number of carboxylic acids is 1. The van der Waals surface area contributed by atoms with Crippen LogP contribution in [0.4, 0.5) is 0 Å². The Hall–Kier alpha value is -3.03. The van der Waals surface area contributed by atoms with E-state index in [9.17, 15) is 9.90 Å². The van der Waals surface area contributed by atoms with Crippen molar-refractivity contribution in [2.24, 2.45) is 9.98 Å². The molecule has 1 N–H and O–H groups in total. The molecule has 3 rings (SSSR count). The average molecular weight is 299 g/mol. The summed E-state index contributed by atoms with van der Waals surface area (Å²) in [5.41, 5.74) is 1.24. The number of ether oxygens (including phenoxy) is 1. The highest BCUT2D eigenvalue weighted by Gasteiger charge is 2.21. The summed E-state index contributed by atoms with van der Waals surface area (Å²) in [6.07, 6.45) is 4.78. The lowest BCUT2D eigenvalue weighted by molar-refractivity contribution is 0.0690. The predicted octanol–water partition coefficient (Wildman–Crippen LogP) is 1.17. The molecule has 1 aliphatic rings. The molecule has 0 spiro atoms. The van der Waals surface area contributed by atoms with Crippen LogP contribution in [0.2, 0.25) is 0 Å². The van der Waals surface area contributed by atoms with Crippen molar-refractivity contribution < 1.29 is 14.6 Å². The van der Waals surface area contributed by atoms with Gasteiger partial charge in [-0.3, -0.25) is 9.98 Å². The van der Waals surface area contributed by atoms with Gasteiger partial charge in [-0.15, -0.1) is 0 Å². The molecule has 0 bridgehead atoms. The van der Waals surface area contributed by atoms with E-state index in [0.29, 0.717) is 23.8 Å². The van der Waals surface area contributed by atoms with Crippen LogP contribution in [0.3, 0.4) is 0 Å². The standard InChI is InChI=1S/C14H13N5O3/c1-22-13-3-2-9(7-17-13)19-12(6-10(18-19)14(20)21)11-8-15-4-5-16-11/h2-7,11H,8H2,1H3,(H,20,21). The number of hydrogen-bond acceptors (Lipinski definition) is 6. The monoisotopic (exact) mass is 299 g/mol. The van der Waals surface area contributed by atoms with E-state index in [1.807, 2.05) is 0 Å². The first-order valence-electron chi connectivity index (χ1n) is 6.54. The van der Waals surface area contributed by atoms with Crippen molar-refractivity contribution in [1.29, 1.82) is 0 Å². The van der Waals surface area contributed by atoms with Gasteiger partial charge in [0, 0.05) is 18.5 Å². The van der Waals surface area contributed by atoms with Crippen LogP contribution >= 0.6 is 0 Å². The molecule has 1 atom stereocenters. The summed E-state index contributed by atoms with van der Waals surface area (Å²) in [5, 5.41) is 13.3. The fraction of sp³-hybridized carbons (Fsp3) is 0.214. The van der Waals surface area contributed by atoms with E-state index >= 15 is 0 Å². The van der Waals surface area contributed by atoms with Crippen LogP contribution in [0.1, 0.15) is 22.2 Å². The molecule has 8 nitrogen and oxygen atoms in total. The zero-order valence-corrected chi connectivity index (χ0v) is 11.7. The second kappa shape index (κ2) is 5.76. The molecule has 0 fully saturated rings. The van der Waals surface area contributed by atoms with Crippen LogP contribution in [0.25, 0.3) is 5.69 Å². The average Bonchev–Trinajstić information content (AvgIpc) is 3.01. The Labute approximate surface area is 125 Å². The molecule has 0 aliphatic carbocycles. The molecule has 3 heterocycles. The third kappa shape index (κ3) is 2.58. The number of carboxylic acid groups (broad SMARTS) is 1. The van der Waals surface area contributed by atoms with E-state index in [1.165, 1.54) is 17.9 Å². The van der Waals surface area contributed by atoms with Crippen molar-refractivity contribution in [3.63, 3.8) is 0 Å². The Morgan fingerprint density at radius 3 is 2.86 bits per heavy atom. The van der Waals surface area contributed by atoms with E-state index in [-0.39, 0.29) is 11.7 Å². The number of methoxy groups -OCH3 is 1. The van der Waals surface area contributed by atoms with Crippen LogP contribution < -0.4 is 4.74 Å². The summed E-state index contributed by atoms with van der Waals surface area (Å²) in [6.45, 7) is 0.449. The van der Waals surface area contributed by atoms with Gasteiger partial charge in [0.15, 0.2) is 5.69 Å². The molecule has 2 aromatic heterocycles. The van der Waals surface area contributed by atoms with Crippen molar-refractivity contribution in [2.45, 2.75) is 6.04 Å². The van der Waals surface area contributed by atoms with Gasteiger partial charge in [-0.2, -0.15) is 5.10 Å². The predicted molar refractivity (Wildman–Crippen MR) is 79.5 cm³/mol. The van der Waals surface area contributed by atoms with E-state index in [2.05, 4.69) is 20.1 Å². The highest BCUT2D eigenvalue weighted by atomic mass is 16.5. The summed E-state index contributed by atoms with van der Waals surface area (Å²) < 4.78 is 6.54. The van der Waals surface area contributed by atoms with Gasteiger partial charge in [-0.1, -0.05) is 0 Å². The van der Waals surface area contributed by atoms with E-state index < -0.39 is 5.97 Å². The number of pyridine rings is 1. The lowest BCUT2D eigenvalue weighted by Crippen LogP contribution is -2.11. The molecular weight excluding hydrogens is 286 g/mol. The third-order valence-corrected chi connectivity index (χ3v) is 3.19.